The predicted octanol–water partition coefficient (Wildman–Crippen LogP) is 4.65. The first-order valence-corrected chi connectivity index (χ1v) is 14.4. The van der Waals surface area contributed by atoms with Gasteiger partial charge in [0.2, 0.25) is 10.0 Å². The van der Waals surface area contributed by atoms with Gasteiger partial charge in [0.05, 0.1) is 28.6 Å². The van der Waals surface area contributed by atoms with Gasteiger partial charge >= 0.3 is 12.2 Å². The number of alkyl halides is 3. The number of pyridine rings is 1. The Morgan fingerprint density at radius 2 is 1.87 bits per heavy atom. The molecule has 5 rings (SSSR count). The fraction of sp³-hybridized carbons (Fsp3) is 0.400. The van der Waals surface area contributed by atoms with Crippen molar-refractivity contribution in [1.29, 1.82) is 0 Å². The molecule has 1 saturated heterocycles. The van der Waals surface area contributed by atoms with Gasteiger partial charge in [-0.1, -0.05) is 11.6 Å². The molecule has 2 aliphatic rings. The molecule has 2 aromatic heterocycles. The van der Waals surface area contributed by atoms with E-state index in [-0.39, 0.29) is 24.9 Å². The van der Waals surface area contributed by atoms with Gasteiger partial charge in [-0.25, -0.2) is 13.4 Å². The van der Waals surface area contributed by atoms with E-state index < -0.39 is 21.8 Å². The number of hydrogen-bond donors (Lipinski definition) is 1. The quantitative estimate of drug-likeness (QED) is 0.430. The zero-order valence-corrected chi connectivity index (χ0v) is 22.4. The zero-order chi connectivity index (χ0) is 27.6. The third kappa shape index (κ3) is 6.36. The fourth-order valence-corrected chi connectivity index (χ4v) is 6.40. The highest BCUT2D eigenvalue weighted by molar-refractivity contribution is 7.89. The molecule has 14 heteroatoms. The first-order valence-electron chi connectivity index (χ1n) is 12.4. The SMILES string of the molecule is O=S1(=O)CCCCN1CCOc1nc2c(c(Nc3ccc(C(F)(F)F)cc3)n1)CCN(c1ncccc1Cl)C2. The van der Waals surface area contributed by atoms with Crippen molar-refractivity contribution in [2.24, 2.45) is 0 Å². The van der Waals surface area contributed by atoms with Gasteiger partial charge < -0.3 is 15.0 Å². The molecular formula is C25H26ClF3N6O3S. The minimum Gasteiger partial charge on any atom is -0.462 e. The lowest BCUT2D eigenvalue weighted by atomic mass is 10.1. The Bertz CT molecular complexity index is 1440. The molecule has 0 unspecified atom stereocenters. The lowest BCUT2D eigenvalue weighted by molar-refractivity contribution is -0.137. The highest BCUT2D eigenvalue weighted by atomic mass is 35.5. The van der Waals surface area contributed by atoms with Crippen LogP contribution in [-0.2, 0) is 29.2 Å². The summed E-state index contributed by atoms with van der Waals surface area (Å²) in [6.45, 7) is 1.58. The molecule has 0 spiro atoms. The maximum atomic E-state index is 13.0. The van der Waals surface area contributed by atoms with Crippen LogP contribution in [0.25, 0.3) is 0 Å². The summed E-state index contributed by atoms with van der Waals surface area (Å²) in [6.07, 6.45) is -0.828. The van der Waals surface area contributed by atoms with E-state index >= 15 is 0 Å². The van der Waals surface area contributed by atoms with Crippen LogP contribution in [0.2, 0.25) is 5.02 Å². The van der Waals surface area contributed by atoms with Crippen LogP contribution in [-0.4, -0.2) is 59.7 Å². The lowest BCUT2D eigenvalue weighted by Gasteiger charge is -2.30. The number of aromatic nitrogens is 3. The van der Waals surface area contributed by atoms with Crippen LogP contribution in [0.3, 0.4) is 0 Å². The summed E-state index contributed by atoms with van der Waals surface area (Å²) >= 11 is 6.36. The van der Waals surface area contributed by atoms with Gasteiger partial charge in [0, 0.05) is 37.1 Å². The average molecular weight is 583 g/mol. The van der Waals surface area contributed by atoms with Crippen LogP contribution in [0.4, 0.5) is 30.5 Å². The summed E-state index contributed by atoms with van der Waals surface area (Å²) in [5.41, 5.74) is 1.11. The second kappa shape index (κ2) is 11.1. The number of ether oxygens (including phenoxy) is 1. The Morgan fingerprint density at radius 3 is 2.59 bits per heavy atom. The average Bonchev–Trinajstić information content (AvgIpc) is 2.89. The second-order valence-electron chi connectivity index (χ2n) is 9.23. The van der Waals surface area contributed by atoms with Gasteiger partial charge in [0.15, 0.2) is 0 Å². The number of nitrogens with zero attached hydrogens (tertiary/aromatic N) is 5. The number of anilines is 3. The number of halogens is 4. The van der Waals surface area contributed by atoms with Crippen molar-refractivity contribution in [2.75, 3.05) is 42.2 Å². The molecule has 39 heavy (non-hydrogen) atoms. The molecule has 2 aliphatic heterocycles. The van der Waals surface area contributed by atoms with Crippen molar-refractivity contribution in [3.8, 4) is 6.01 Å². The van der Waals surface area contributed by atoms with Crippen LogP contribution in [0, 0.1) is 0 Å². The first kappa shape index (κ1) is 27.4. The summed E-state index contributed by atoms with van der Waals surface area (Å²) in [6, 6.07) is 8.19. The van der Waals surface area contributed by atoms with Crippen LogP contribution in [0.1, 0.15) is 29.7 Å². The molecule has 1 N–H and O–H groups in total. The number of nitrogens with one attached hydrogen (secondary N) is 1. The fourth-order valence-electron chi connectivity index (χ4n) is 4.58. The number of hydrogen-bond acceptors (Lipinski definition) is 8. The summed E-state index contributed by atoms with van der Waals surface area (Å²) in [5.74, 6) is 1.14. The van der Waals surface area contributed by atoms with Crippen LogP contribution < -0.4 is 15.0 Å². The predicted molar refractivity (Wildman–Crippen MR) is 141 cm³/mol. The molecule has 4 heterocycles. The van der Waals surface area contributed by atoms with Gasteiger partial charge in [0.25, 0.3) is 0 Å². The number of rotatable bonds is 7. The van der Waals surface area contributed by atoms with Crippen LogP contribution >= 0.6 is 11.6 Å². The van der Waals surface area contributed by atoms with E-state index in [1.807, 2.05) is 4.90 Å². The number of sulfonamides is 1. The summed E-state index contributed by atoms with van der Waals surface area (Å²) in [5, 5.41) is 3.60. The minimum atomic E-state index is -4.44. The van der Waals surface area contributed by atoms with E-state index in [1.165, 1.54) is 16.4 Å². The maximum absolute atomic E-state index is 13.0. The van der Waals surface area contributed by atoms with Gasteiger partial charge in [-0.15, -0.1) is 0 Å². The van der Waals surface area contributed by atoms with Crippen molar-refractivity contribution in [1.82, 2.24) is 19.3 Å². The second-order valence-corrected chi connectivity index (χ2v) is 11.7. The topological polar surface area (TPSA) is 101 Å². The molecular weight excluding hydrogens is 557 g/mol. The monoisotopic (exact) mass is 582 g/mol. The van der Waals surface area contributed by atoms with Crippen molar-refractivity contribution >= 4 is 38.9 Å². The highest BCUT2D eigenvalue weighted by Crippen LogP contribution is 2.34. The third-order valence-corrected chi connectivity index (χ3v) is 8.83. The van der Waals surface area contributed by atoms with E-state index in [2.05, 4.69) is 20.3 Å². The van der Waals surface area contributed by atoms with Crippen molar-refractivity contribution in [3.05, 3.63) is 64.4 Å². The molecule has 0 amide bonds. The van der Waals surface area contributed by atoms with Crippen molar-refractivity contribution in [2.45, 2.75) is 32.0 Å². The molecule has 208 valence electrons. The van der Waals surface area contributed by atoms with Crippen LogP contribution in [0.15, 0.2) is 42.6 Å². The Labute approximate surface area is 229 Å². The Balaban J connectivity index is 1.40. The molecule has 0 saturated carbocycles. The zero-order valence-electron chi connectivity index (χ0n) is 20.8. The number of fused-ring (bicyclic) bond motifs is 1. The summed E-state index contributed by atoms with van der Waals surface area (Å²) < 4.78 is 70.8. The smallest absolute Gasteiger partial charge is 0.416 e. The van der Waals surface area contributed by atoms with Gasteiger partial charge in [-0.05, 0) is 55.7 Å². The van der Waals surface area contributed by atoms with Gasteiger partial charge in [0.1, 0.15) is 18.2 Å². The molecule has 3 aromatic rings. The van der Waals surface area contributed by atoms with Gasteiger partial charge in [-0.2, -0.15) is 27.4 Å². The maximum Gasteiger partial charge on any atom is 0.416 e. The molecule has 0 atom stereocenters. The van der Waals surface area contributed by atoms with Gasteiger partial charge in [-0.3, -0.25) is 0 Å². The minimum absolute atomic E-state index is 0.0338. The van der Waals surface area contributed by atoms with Crippen LogP contribution in [0.5, 0.6) is 6.01 Å². The molecule has 9 nitrogen and oxygen atoms in total. The van der Waals surface area contributed by atoms with E-state index in [1.54, 1.807) is 18.3 Å². The van der Waals surface area contributed by atoms with Crippen molar-refractivity contribution < 1.29 is 26.3 Å². The largest absolute Gasteiger partial charge is 0.462 e. The van der Waals surface area contributed by atoms with E-state index in [0.29, 0.717) is 60.5 Å². The Morgan fingerprint density at radius 1 is 1.08 bits per heavy atom. The first-order chi connectivity index (χ1) is 18.6. The normalized spacial score (nSPS) is 17.5. The lowest BCUT2D eigenvalue weighted by Crippen LogP contribution is -2.40. The van der Waals surface area contributed by atoms with E-state index in [9.17, 15) is 21.6 Å². The molecule has 1 aromatic carbocycles. The Hall–Kier alpha value is -3.16. The van der Waals surface area contributed by atoms with E-state index in [0.717, 1.165) is 24.1 Å². The standard InChI is InChI=1S/C25H26ClF3N6O3S/c26-20-4-3-10-30-23(20)34-12-9-19-21(16-34)32-24(38-14-13-35-11-1-2-15-39(35,36)37)33-22(19)31-18-7-5-17(6-8-18)25(27,28)29/h3-8,10H,1-2,9,11-16H2,(H,31,32,33). The molecule has 0 radical (unpaired) electrons. The molecule has 0 aliphatic carbocycles. The molecule has 0 bridgehead atoms. The Kier molecular flexibility index (Phi) is 7.83. The summed E-state index contributed by atoms with van der Waals surface area (Å²) in [4.78, 5) is 15.4. The molecule has 1 fully saturated rings. The van der Waals surface area contributed by atoms with E-state index in [4.69, 9.17) is 16.3 Å². The summed E-state index contributed by atoms with van der Waals surface area (Å²) in [7, 11) is -3.30. The number of benzene rings is 1. The third-order valence-electron chi connectivity index (χ3n) is 6.58. The van der Waals surface area contributed by atoms with Crippen molar-refractivity contribution in [3.63, 3.8) is 0 Å². The highest BCUT2D eigenvalue weighted by Gasteiger charge is 2.30.